The fourth-order valence-electron chi connectivity index (χ4n) is 2.82. The molecule has 0 aromatic carbocycles. The molecule has 3 heterocycles. The summed E-state index contributed by atoms with van der Waals surface area (Å²) >= 11 is 0. The van der Waals surface area contributed by atoms with Gasteiger partial charge in [0.25, 0.3) is 0 Å². The molecule has 0 amide bonds. The minimum absolute atomic E-state index is 0.0467. The van der Waals surface area contributed by atoms with E-state index in [4.69, 9.17) is 0 Å². The zero-order valence-electron chi connectivity index (χ0n) is 15.0. The molecule has 1 atom stereocenters. The monoisotopic (exact) mass is 381 g/mol. The van der Waals surface area contributed by atoms with Crippen molar-refractivity contribution in [2.75, 3.05) is 10.6 Å². The average molecular weight is 381 g/mol. The van der Waals surface area contributed by atoms with E-state index in [9.17, 15) is 14.0 Å². The normalized spacial score (nSPS) is 14.4. The van der Waals surface area contributed by atoms with E-state index in [2.05, 4.69) is 30.8 Å². The fourth-order valence-corrected chi connectivity index (χ4v) is 2.82. The topological polar surface area (TPSA) is 102 Å². The second-order valence-electron chi connectivity index (χ2n) is 6.70. The third kappa shape index (κ3) is 3.76. The summed E-state index contributed by atoms with van der Waals surface area (Å²) in [5.74, 6) is -0.00633. The quantitative estimate of drug-likeness (QED) is 0.593. The highest BCUT2D eigenvalue weighted by atomic mass is 19.1. The van der Waals surface area contributed by atoms with Crippen LogP contribution in [0.5, 0.6) is 0 Å². The molecule has 1 aliphatic carbocycles. The molecule has 3 N–H and O–H groups in total. The predicted octanol–water partition coefficient (Wildman–Crippen LogP) is 4.14. The van der Waals surface area contributed by atoms with E-state index < -0.39 is 11.6 Å². The van der Waals surface area contributed by atoms with Gasteiger partial charge in [-0.1, -0.05) is 0 Å². The van der Waals surface area contributed by atoms with E-state index in [1.807, 2.05) is 12.1 Å². The van der Waals surface area contributed by atoms with Crippen LogP contribution >= 0.6 is 0 Å². The molecule has 1 fully saturated rings. The third-order valence-electron chi connectivity index (χ3n) is 4.50. The predicted molar refractivity (Wildman–Crippen MR) is 99.0 cm³/mol. The van der Waals surface area contributed by atoms with Crippen molar-refractivity contribution in [2.45, 2.75) is 31.7 Å². The van der Waals surface area contributed by atoms with Crippen molar-refractivity contribution in [3.63, 3.8) is 0 Å². The van der Waals surface area contributed by atoms with Gasteiger partial charge in [0.15, 0.2) is 17.5 Å². The zero-order chi connectivity index (χ0) is 19.7. The smallest absolute Gasteiger partial charge is 0.170 e. The van der Waals surface area contributed by atoms with Crippen molar-refractivity contribution in [2.24, 2.45) is 0 Å². The zero-order valence-corrected chi connectivity index (χ0v) is 15.0. The van der Waals surface area contributed by atoms with Crippen molar-refractivity contribution in [1.29, 1.82) is 5.26 Å². The van der Waals surface area contributed by atoms with E-state index in [-0.39, 0.29) is 23.2 Å². The molecule has 142 valence electrons. The van der Waals surface area contributed by atoms with E-state index in [1.54, 1.807) is 6.92 Å². The van der Waals surface area contributed by atoms with Gasteiger partial charge < -0.3 is 10.6 Å². The number of aromatic amines is 1. The first-order chi connectivity index (χ1) is 13.5. The summed E-state index contributed by atoms with van der Waals surface area (Å²) in [6, 6.07) is 7.32. The highest BCUT2D eigenvalue weighted by Crippen LogP contribution is 2.39. The minimum atomic E-state index is -0.661. The first-order valence-electron chi connectivity index (χ1n) is 8.84. The maximum Gasteiger partial charge on any atom is 0.170 e. The summed E-state index contributed by atoms with van der Waals surface area (Å²) in [6.45, 7) is 1.79. The molecule has 0 unspecified atom stereocenters. The van der Waals surface area contributed by atoms with Crippen LogP contribution in [-0.2, 0) is 0 Å². The van der Waals surface area contributed by atoms with Gasteiger partial charge >= 0.3 is 0 Å². The molecule has 9 heteroatoms. The number of nitrogens with one attached hydrogen (secondary N) is 3. The molecule has 1 saturated carbocycles. The second kappa shape index (κ2) is 7.23. The van der Waals surface area contributed by atoms with Crippen LogP contribution in [0.25, 0.3) is 0 Å². The van der Waals surface area contributed by atoms with Crippen LogP contribution in [0.4, 0.5) is 26.2 Å². The van der Waals surface area contributed by atoms with Crippen LogP contribution in [0.3, 0.4) is 0 Å². The third-order valence-corrected chi connectivity index (χ3v) is 4.50. The minimum Gasteiger partial charge on any atom is -0.361 e. The SMILES string of the molecule is C[C@H](Nc1nc(Nc2cc(C3CC3)[nH]n2)c(F)cc1C#N)c1ccc(F)cn1. The molecule has 0 radical (unpaired) electrons. The Balaban J connectivity index is 1.57. The Hall–Kier alpha value is -3.54. The number of aromatic nitrogens is 4. The number of anilines is 3. The van der Waals surface area contributed by atoms with Gasteiger partial charge in [-0.25, -0.2) is 13.8 Å². The van der Waals surface area contributed by atoms with Gasteiger partial charge in [-0.2, -0.15) is 10.4 Å². The summed E-state index contributed by atoms with van der Waals surface area (Å²) in [5, 5.41) is 22.3. The van der Waals surface area contributed by atoms with E-state index in [1.165, 1.54) is 12.1 Å². The van der Waals surface area contributed by atoms with Crippen molar-refractivity contribution in [1.82, 2.24) is 20.2 Å². The lowest BCUT2D eigenvalue weighted by Crippen LogP contribution is -2.12. The van der Waals surface area contributed by atoms with Gasteiger partial charge in [-0.05, 0) is 38.0 Å². The Kier molecular flexibility index (Phi) is 4.61. The molecule has 0 bridgehead atoms. The first-order valence-corrected chi connectivity index (χ1v) is 8.84. The Morgan fingerprint density at radius 3 is 2.75 bits per heavy atom. The molecule has 0 aliphatic heterocycles. The molecular formula is C19H17F2N7. The lowest BCUT2D eigenvalue weighted by Gasteiger charge is -2.16. The van der Waals surface area contributed by atoms with Crippen LogP contribution in [0.1, 0.15) is 48.7 Å². The van der Waals surface area contributed by atoms with Gasteiger partial charge in [-0.15, -0.1) is 0 Å². The highest BCUT2D eigenvalue weighted by molar-refractivity contribution is 5.61. The largest absolute Gasteiger partial charge is 0.361 e. The van der Waals surface area contributed by atoms with Crippen molar-refractivity contribution >= 4 is 17.5 Å². The van der Waals surface area contributed by atoms with Crippen molar-refractivity contribution in [3.05, 3.63) is 59.0 Å². The van der Waals surface area contributed by atoms with E-state index in [0.29, 0.717) is 17.4 Å². The van der Waals surface area contributed by atoms with Crippen LogP contribution < -0.4 is 10.6 Å². The number of pyridine rings is 2. The van der Waals surface area contributed by atoms with Gasteiger partial charge in [0.2, 0.25) is 0 Å². The van der Waals surface area contributed by atoms with E-state index in [0.717, 1.165) is 30.8 Å². The molecule has 1 aliphatic rings. The molecule has 3 aromatic heterocycles. The lowest BCUT2D eigenvalue weighted by atomic mass is 10.2. The maximum absolute atomic E-state index is 14.4. The Bertz CT molecular complexity index is 1040. The first kappa shape index (κ1) is 17.9. The fraction of sp³-hybridized carbons (Fsp3) is 0.263. The Labute approximate surface area is 159 Å². The van der Waals surface area contributed by atoms with Gasteiger partial charge in [0, 0.05) is 17.7 Å². The Morgan fingerprint density at radius 1 is 1.25 bits per heavy atom. The number of H-pyrrole nitrogens is 1. The Morgan fingerprint density at radius 2 is 2.07 bits per heavy atom. The molecule has 0 spiro atoms. The number of nitriles is 1. The van der Waals surface area contributed by atoms with Crippen molar-refractivity contribution < 1.29 is 8.78 Å². The van der Waals surface area contributed by atoms with Crippen LogP contribution in [0.15, 0.2) is 30.5 Å². The number of hydrogen-bond acceptors (Lipinski definition) is 6. The van der Waals surface area contributed by atoms with Gasteiger partial charge in [-0.3, -0.25) is 10.1 Å². The molecular weight excluding hydrogens is 364 g/mol. The van der Waals surface area contributed by atoms with Crippen LogP contribution in [0, 0.1) is 23.0 Å². The highest BCUT2D eigenvalue weighted by Gasteiger charge is 2.25. The maximum atomic E-state index is 14.4. The van der Waals surface area contributed by atoms with Gasteiger partial charge in [0.1, 0.15) is 17.7 Å². The molecule has 4 rings (SSSR count). The molecule has 0 saturated heterocycles. The summed E-state index contributed by atoms with van der Waals surface area (Å²) in [7, 11) is 0. The van der Waals surface area contributed by atoms with Crippen LogP contribution in [0.2, 0.25) is 0 Å². The van der Waals surface area contributed by atoms with E-state index >= 15 is 0 Å². The number of hydrogen-bond donors (Lipinski definition) is 3. The average Bonchev–Trinajstić information content (AvgIpc) is 3.44. The molecule has 3 aromatic rings. The van der Waals surface area contributed by atoms with Gasteiger partial charge in [0.05, 0.1) is 23.5 Å². The standard InChI is InChI=1S/C19H17F2N7/c1-10(15-5-4-13(20)9-23-15)24-18-12(8-22)6-14(21)19(26-18)25-17-7-16(27-28-17)11-2-3-11/h4-7,9-11H,2-3H2,1H3,(H3,24,25,26,27,28)/t10-/m0/s1. The number of nitrogens with zero attached hydrogens (tertiary/aromatic N) is 4. The summed E-state index contributed by atoms with van der Waals surface area (Å²) in [4.78, 5) is 8.23. The molecule has 7 nitrogen and oxygen atoms in total. The lowest BCUT2D eigenvalue weighted by molar-refractivity contribution is 0.617. The summed E-state index contributed by atoms with van der Waals surface area (Å²) < 4.78 is 27.4. The number of rotatable bonds is 6. The second-order valence-corrected chi connectivity index (χ2v) is 6.70. The van der Waals surface area contributed by atoms with Crippen molar-refractivity contribution in [3.8, 4) is 6.07 Å². The summed E-state index contributed by atoms with van der Waals surface area (Å²) in [6.07, 6.45) is 3.35. The molecule has 28 heavy (non-hydrogen) atoms. The number of halogens is 2. The van der Waals surface area contributed by atoms with Crippen LogP contribution in [-0.4, -0.2) is 20.2 Å². The summed E-state index contributed by atoms with van der Waals surface area (Å²) in [5.41, 5.74) is 1.62.